The molecule has 0 aliphatic carbocycles. The number of carbonyl (C=O) groups is 1. The molecule has 0 aliphatic rings. The summed E-state index contributed by atoms with van der Waals surface area (Å²) < 4.78 is 5.64. The van der Waals surface area contributed by atoms with Crippen LogP contribution in [0.15, 0.2) is 61.3 Å². The molecule has 3 rings (SSSR count). The van der Waals surface area contributed by atoms with Crippen molar-refractivity contribution in [1.29, 1.82) is 0 Å². The Balaban J connectivity index is 1.99. The summed E-state index contributed by atoms with van der Waals surface area (Å²) in [5, 5.41) is 4.18. The number of pyridine rings is 1. The van der Waals surface area contributed by atoms with Crippen molar-refractivity contribution in [3.8, 4) is 5.75 Å². The van der Waals surface area contributed by atoms with Crippen LogP contribution in [0.1, 0.15) is 10.4 Å². The van der Waals surface area contributed by atoms with E-state index in [0.29, 0.717) is 23.6 Å². The van der Waals surface area contributed by atoms with E-state index < -0.39 is 5.91 Å². The molecule has 0 spiro atoms. The first kappa shape index (κ1) is 17.3. The van der Waals surface area contributed by atoms with Crippen LogP contribution >= 0.6 is 23.2 Å². The van der Waals surface area contributed by atoms with Crippen molar-refractivity contribution in [3.63, 3.8) is 0 Å². The van der Waals surface area contributed by atoms with Crippen molar-refractivity contribution in [2.75, 3.05) is 11.9 Å². The normalized spacial score (nSPS) is 10.5. The van der Waals surface area contributed by atoms with Gasteiger partial charge >= 0.3 is 0 Å². The van der Waals surface area contributed by atoms with Crippen molar-refractivity contribution < 1.29 is 9.53 Å². The molecule has 0 atom stereocenters. The number of benzene rings is 2. The van der Waals surface area contributed by atoms with E-state index in [1.54, 1.807) is 42.6 Å². The maximum absolute atomic E-state index is 12.6. The standard InChI is InChI=1S/C19H14Cl2N2O2/c1-2-11-25-16-9-10-22-18-12(16)5-3-8-15(18)23-19(24)17-13(20)6-4-7-14(17)21/h2-10H,1,11H2,(H,23,24). The summed E-state index contributed by atoms with van der Waals surface area (Å²) in [6, 6.07) is 12.1. The minimum absolute atomic E-state index is 0.224. The smallest absolute Gasteiger partial charge is 0.258 e. The first-order chi connectivity index (χ1) is 12.1. The van der Waals surface area contributed by atoms with Gasteiger partial charge in [-0.2, -0.15) is 0 Å². The second kappa shape index (κ2) is 7.55. The number of rotatable bonds is 5. The molecule has 3 aromatic rings. The summed E-state index contributed by atoms with van der Waals surface area (Å²) >= 11 is 12.2. The van der Waals surface area contributed by atoms with E-state index >= 15 is 0 Å². The highest BCUT2D eigenvalue weighted by Gasteiger charge is 2.16. The lowest BCUT2D eigenvalue weighted by molar-refractivity contribution is 0.102. The van der Waals surface area contributed by atoms with Crippen LogP contribution in [0.5, 0.6) is 5.75 Å². The highest BCUT2D eigenvalue weighted by molar-refractivity contribution is 6.40. The topological polar surface area (TPSA) is 51.2 Å². The van der Waals surface area contributed by atoms with Crippen molar-refractivity contribution in [1.82, 2.24) is 4.98 Å². The van der Waals surface area contributed by atoms with Crippen LogP contribution in [-0.2, 0) is 0 Å². The average Bonchev–Trinajstić information content (AvgIpc) is 2.60. The van der Waals surface area contributed by atoms with Gasteiger partial charge in [0.2, 0.25) is 0 Å². The fourth-order valence-electron chi connectivity index (χ4n) is 2.43. The average molecular weight is 373 g/mol. The van der Waals surface area contributed by atoms with Gasteiger partial charge in [-0.15, -0.1) is 0 Å². The summed E-state index contributed by atoms with van der Waals surface area (Å²) in [7, 11) is 0. The summed E-state index contributed by atoms with van der Waals surface area (Å²) in [4.78, 5) is 17.0. The number of hydrogen-bond acceptors (Lipinski definition) is 3. The Morgan fingerprint density at radius 1 is 1.16 bits per heavy atom. The van der Waals surface area contributed by atoms with E-state index in [1.165, 1.54) is 0 Å². The van der Waals surface area contributed by atoms with Gasteiger partial charge in [0, 0.05) is 11.6 Å². The Bertz CT molecular complexity index is 937. The minimum Gasteiger partial charge on any atom is -0.489 e. The lowest BCUT2D eigenvalue weighted by Gasteiger charge is -2.12. The summed E-state index contributed by atoms with van der Waals surface area (Å²) in [5.41, 5.74) is 1.38. The molecule has 25 heavy (non-hydrogen) atoms. The van der Waals surface area contributed by atoms with Crippen LogP contribution in [0, 0.1) is 0 Å². The number of nitrogens with zero attached hydrogens (tertiary/aromatic N) is 1. The molecule has 1 heterocycles. The molecule has 0 unspecified atom stereocenters. The Morgan fingerprint density at radius 2 is 1.88 bits per heavy atom. The van der Waals surface area contributed by atoms with Crippen molar-refractivity contribution in [3.05, 3.63) is 76.9 Å². The lowest BCUT2D eigenvalue weighted by Crippen LogP contribution is -2.13. The highest BCUT2D eigenvalue weighted by atomic mass is 35.5. The predicted octanol–water partition coefficient (Wildman–Crippen LogP) is 5.36. The fraction of sp³-hybridized carbons (Fsp3) is 0.0526. The third-order valence-corrected chi connectivity index (χ3v) is 4.16. The Labute approximate surface area is 155 Å². The van der Waals surface area contributed by atoms with Crippen LogP contribution in [0.4, 0.5) is 5.69 Å². The Kier molecular flexibility index (Phi) is 5.22. The summed E-state index contributed by atoms with van der Waals surface area (Å²) in [5.74, 6) is 0.263. The van der Waals surface area contributed by atoms with Gasteiger partial charge in [0.25, 0.3) is 5.91 Å². The van der Waals surface area contributed by atoms with Gasteiger partial charge in [-0.05, 0) is 30.3 Å². The number of anilines is 1. The second-order valence-electron chi connectivity index (χ2n) is 5.16. The van der Waals surface area contributed by atoms with Gasteiger partial charge in [0.1, 0.15) is 12.4 Å². The summed E-state index contributed by atoms with van der Waals surface area (Å²) in [6.07, 6.45) is 3.29. The van der Waals surface area contributed by atoms with Gasteiger partial charge in [-0.25, -0.2) is 0 Å². The minimum atomic E-state index is -0.401. The molecule has 2 aromatic carbocycles. The molecule has 6 heteroatoms. The van der Waals surface area contributed by atoms with Crippen LogP contribution in [0.25, 0.3) is 10.9 Å². The van der Waals surface area contributed by atoms with E-state index in [2.05, 4.69) is 16.9 Å². The number of carbonyl (C=O) groups excluding carboxylic acids is 1. The van der Waals surface area contributed by atoms with Crippen molar-refractivity contribution >= 4 is 45.7 Å². The molecule has 0 fully saturated rings. The van der Waals surface area contributed by atoms with Crippen LogP contribution in [0.2, 0.25) is 10.0 Å². The maximum Gasteiger partial charge on any atom is 0.258 e. The van der Waals surface area contributed by atoms with E-state index in [1.807, 2.05) is 12.1 Å². The highest BCUT2D eigenvalue weighted by Crippen LogP contribution is 2.30. The van der Waals surface area contributed by atoms with Crippen molar-refractivity contribution in [2.24, 2.45) is 0 Å². The fourth-order valence-corrected chi connectivity index (χ4v) is 2.99. The molecule has 1 amide bonds. The molecule has 0 bridgehead atoms. The zero-order chi connectivity index (χ0) is 17.8. The maximum atomic E-state index is 12.6. The molecule has 4 nitrogen and oxygen atoms in total. The quantitative estimate of drug-likeness (QED) is 0.613. The number of nitrogens with one attached hydrogen (secondary N) is 1. The van der Waals surface area contributed by atoms with Crippen LogP contribution in [0.3, 0.4) is 0 Å². The van der Waals surface area contributed by atoms with Gasteiger partial charge < -0.3 is 10.1 Å². The monoisotopic (exact) mass is 372 g/mol. The van der Waals surface area contributed by atoms with Gasteiger partial charge in [0.05, 0.1) is 26.8 Å². The predicted molar refractivity (Wildman–Crippen MR) is 102 cm³/mol. The molecule has 0 saturated heterocycles. The lowest BCUT2D eigenvalue weighted by atomic mass is 10.1. The Hall–Kier alpha value is -2.56. The zero-order valence-corrected chi connectivity index (χ0v) is 14.6. The molecular formula is C19H14Cl2N2O2. The number of fused-ring (bicyclic) bond motifs is 1. The van der Waals surface area contributed by atoms with Gasteiger partial charge in [-0.1, -0.05) is 48.0 Å². The number of aromatic nitrogens is 1. The third-order valence-electron chi connectivity index (χ3n) is 3.53. The zero-order valence-electron chi connectivity index (χ0n) is 13.1. The van der Waals surface area contributed by atoms with Crippen LogP contribution in [-0.4, -0.2) is 17.5 Å². The van der Waals surface area contributed by atoms with Gasteiger partial charge in [-0.3, -0.25) is 9.78 Å². The van der Waals surface area contributed by atoms with E-state index in [4.69, 9.17) is 27.9 Å². The number of hydrogen-bond donors (Lipinski definition) is 1. The van der Waals surface area contributed by atoms with Gasteiger partial charge in [0.15, 0.2) is 0 Å². The van der Waals surface area contributed by atoms with E-state index in [0.717, 1.165) is 5.39 Å². The number of halogens is 2. The molecule has 1 aromatic heterocycles. The molecule has 1 N–H and O–H groups in total. The number of para-hydroxylation sites is 1. The SMILES string of the molecule is C=CCOc1ccnc2c(NC(=O)c3c(Cl)cccc3Cl)cccc12. The largest absolute Gasteiger partial charge is 0.489 e. The first-order valence-electron chi connectivity index (χ1n) is 7.48. The molecule has 0 radical (unpaired) electrons. The molecular weight excluding hydrogens is 359 g/mol. The molecule has 0 saturated carbocycles. The van der Waals surface area contributed by atoms with Crippen LogP contribution < -0.4 is 10.1 Å². The number of ether oxygens (including phenoxy) is 1. The third kappa shape index (κ3) is 3.60. The Morgan fingerprint density at radius 3 is 2.60 bits per heavy atom. The van der Waals surface area contributed by atoms with Crippen molar-refractivity contribution in [2.45, 2.75) is 0 Å². The summed E-state index contributed by atoms with van der Waals surface area (Å²) in [6.45, 7) is 4.02. The second-order valence-corrected chi connectivity index (χ2v) is 5.98. The first-order valence-corrected chi connectivity index (χ1v) is 8.24. The van der Waals surface area contributed by atoms with E-state index in [-0.39, 0.29) is 15.6 Å². The molecule has 126 valence electrons. The molecule has 0 aliphatic heterocycles. The number of amides is 1. The van der Waals surface area contributed by atoms with E-state index in [9.17, 15) is 4.79 Å².